The molecule has 0 bridgehead atoms. The van der Waals surface area contributed by atoms with Crippen molar-refractivity contribution in [1.82, 2.24) is 4.90 Å². The van der Waals surface area contributed by atoms with Crippen LogP contribution in [-0.4, -0.2) is 38.7 Å². The van der Waals surface area contributed by atoms with E-state index in [-0.39, 0.29) is 5.75 Å². The fourth-order valence-corrected chi connectivity index (χ4v) is 3.11. The molecule has 0 spiro atoms. The molecule has 1 aliphatic heterocycles. The van der Waals surface area contributed by atoms with Gasteiger partial charge in [-0.05, 0) is 50.7 Å². The van der Waals surface area contributed by atoms with Crippen molar-refractivity contribution in [2.45, 2.75) is 33.1 Å². The van der Waals surface area contributed by atoms with E-state index >= 15 is 0 Å². The zero-order valence-electron chi connectivity index (χ0n) is 10.2. The summed E-state index contributed by atoms with van der Waals surface area (Å²) < 4.78 is 21.5. The number of likely N-dealkylation sites (tertiary alicyclic amines) is 1. The summed E-state index contributed by atoms with van der Waals surface area (Å²) in [6.45, 7) is 7.62. The van der Waals surface area contributed by atoms with Crippen molar-refractivity contribution < 1.29 is 8.42 Å². The van der Waals surface area contributed by atoms with E-state index in [9.17, 15) is 8.42 Å². The average molecular weight is 268 g/mol. The third-order valence-electron chi connectivity index (χ3n) is 3.44. The maximum absolute atomic E-state index is 10.8. The van der Waals surface area contributed by atoms with Gasteiger partial charge in [0.15, 0.2) is 0 Å². The van der Waals surface area contributed by atoms with E-state index in [1.807, 2.05) is 0 Å². The summed E-state index contributed by atoms with van der Waals surface area (Å²) in [5.41, 5.74) is 0. The summed E-state index contributed by atoms with van der Waals surface area (Å²) in [6, 6.07) is 0. The molecule has 96 valence electrons. The zero-order chi connectivity index (χ0) is 12.2. The second-order valence-electron chi connectivity index (χ2n) is 5.02. The van der Waals surface area contributed by atoms with Crippen molar-refractivity contribution in [3.63, 3.8) is 0 Å². The lowest BCUT2D eigenvalue weighted by Gasteiger charge is -2.33. The van der Waals surface area contributed by atoms with Gasteiger partial charge in [-0.3, -0.25) is 0 Å². The molecule has 0 atom stereocenters. The minimum absolute atomic E-state index is 0.0959. The molecule has 3 nitrogen and oxygen atoms in total. The van der Waals surface area contributed by atoms with Crippen LogP contribution in [0.15, 0.2) is 0 Å². The molecule has 0 amide bonds. The van der Waals surface area contributed by atoms with Gasteiger partial charge >= 0.3 is 0 Å². The van der Waals surface area contributed by atoms with Crippen LogP contribution in [0.4, 0.5) is 0 Å². The summed E-state index contributed by atoms with van der Waals surface area (Å²) in [5, 5.41) is 0. The molecule has 5 heteroatoms. The number of hydrogen-bond acceptors (Lipinski definition) is 3. The summed E-state index contributed by atoms with van der Waals surface area (Å²) in [7, 11) is 1.87. The molecule has 1 heterocycles. The van der Waals surface area contributed by atoms with E-state index < -0.39 is 9.05 Å². The van der Waals surface area contributed by atoms with Gasteiger partial charge in [0.05, 0.1) is 5.75 Å². The van der Waals surface area contributed by atoms with Crippen LogP contribution in [0, 0.1) is 11.8 Å². The van der Waals surface area contributed by atoms with Crippen molar-refractivity contribution in [2.24, 2.45) is 11.8 Å². The van der Waals surface area contributed by atoms with Crippen molar-refractivity contribution >= 4 is 19.7 Å². The van der Waals surface area contributed by atoms with E-state index in [1.165, 1.54) is 12.8 Å². The van der Waals surface area contributed by atoms with Crippen molar-refractivity contribution in [3.8, 4) is 0 Å². The van der Waals surface area contributed by atoms with Crippen LogP contribution in [0.2, 0.25) is 0 Å². The number of rotatable bonds is 5. The van der Waals surface area contributed by atoms with Crippen LogP contribution in [0.5, 0.6) is 0 Å². The van der Waals surface area contributed by atoms with Gasteiger partial charge in [-0.15, -0.1) is 0 Å². The first-order valence-corrected chi connectivity index (χ1v) is 8.51. The molecule has 0 aliphatic carbocycles. The second kappa shape index (κ2) is 6.22. The Morgan fingerprint density at radius 1 is 1.31 bits per heavy atom. The van der Waals surface area contributed by atoms with Gasteiger partial charge in [0.2, 0.25) is 9.05 Å². The first kappa shape index (κ1) is 14.3. The molecule has 16 heavy (non-hydrogen) atoms. The van der Waals surface area contributed by atoms with Crippen LogP contribution in [-0.2, 0) is 9.05 Å². The number of halogens is 1. The maximum Gasteiger partial charge on any atom is 0.232 e. The van der Waals surface area contributed by atoms with Gasteiger partial charge in [-0.25, -0.2) is 8.42 Å². The first-order chi connectivity index (χ1) is 7.38. The molecule has 0 aromatic carbocycles. The highest BCUT2D eigenvalue weighted by Crippen LogP contribution is 2.24. The molecule has 0 aromatic heterocycles. The van der Waals surface area contributed by atoms with Gasteiger partial charge in [0.25, 0.3) is 0 Å². The van der Waals surface area contributed by atoms with Crippen molar-refractivity contribution in [1.29, 1.82) is 0 Å². The van der Waals surface area contributed by atoms with Crippen molar-refractivity contribution in [2.75, 3.05) is 25.4 Å². The normalized spacial score (nSPS) is 20.5. The van der Waals surface area contributed by atoms with E-state index in [1.54, 1.807) is 0 Å². The quantitative estimate of drug-likeness (QED) is 0.718. The predicted octanol–water partition coefficient (Wildman–Crippen LogP) is 2.31. The van der Waals surface area contributed by atoms with Crippen LogP contribution in [0.25, 0.3) is 0 Å². The monoisotopic (exact) mass is 267 g/mol. The maximum atomic E-state index is 10.8. The van der Waals surface area contributed by atoms with Crippen LogP contribution >= 0.6 is 10.7 Å². The molecule has 1 saturated heterocycles. The highest BCUT2D eigenvalue weighted by atomic mass is 35.7. The standard InChI is InChI=1S/C11H22ClNO2S/c1-10(2)11-4-7-13(8-5-11)6-3-9-16(12,14)15/h10-11H,3-9H2,1-2H3. The number of nitrogens with zero attached hydrogens (tertiary/aromatic N) is 1. The molecule has 0 unspecified atom stereocenters. The highest BCUT2D eigenvalue weighted by Gasteiger charge is 2.21. The molecule has 0 N–H and O–H groups in total. The van der Waals surface area contributed by atoms with Gasteiger partial charge in [0, 0.05) is 10.7 Å². The smallest absolute Gasteiger partial charge is 0.232 e. The topological polar surface area (TPSA) is 37.4 Å². The Balaban J connectivity index is 2.18. The first-order valence-electron chi connectivity index (χ1n) is 6.03. The lowest BCUT2D eigenvalue weighted by molar-refractivity contribution is 0.158. The summed E-state index contributed by atoms with van der Waals surface area (Å²) in [4.78, 5) is 2.35. The molecule has 1 aliphatic rings. The predicted molar refractivity (Wildman–Crippen MR) is 68.3 cm³/mol. The molecular weight excluding hydrogens is 246 g/mol. The summed E-state index contributed by atoms with van der Waals surface area (Å²) in [5.74, 6) is 1.71. The zero-order valence-corrected chi connectivity index (χ0v) is 11.7. The molecule has 0 radical (unpaired) electrons. The van der Waals surface area contributed by atoms with Gasteiger partial charge in [-0.1, -0.05) is 13.8 Å². The van der Waals surface area contributed by atoms with Gasteiger partial charge < -0.3 is 4.90 Å². The molecule has 1 fully saturated rings. The largest absolute Gasteiger partial charge is 0.303 e. The van der Waals surface area contributed by atoms with Crippen molar-refractivity contribution in [3.05, 3.63) is 0 Å². The second-order valence-corrected chi connectivity index (χ2v) is 7.92. The Kier molecular flexibility index (Phi) is 5.54. The molecule has 1 rings (SSSR count). The summed E-state index contributed by atoms with van der Waals surface area (Å²) in [6.07, 6.45) is 3.13. The minimum Gasteiger partial charge on any atom is -0.303 e. The Bertz CT molecular complexity index is 295. The number of hydrogen-bond donors (Lipinski definition) is 0. The Morgan fingerprint density at radius 3 is 2.31 bits per heavy atom. The van der Waals surface area contributed by atoms with E-state index in [4.69, 9.17) is 10.7 Å². The fraction of sp³-hybridized carbons (Fsp3) is 1.00. The summed E-state index contributed by atoms with van der Waals surface area (Å²) >= 11 is 0. The molecular formula is C11H22ClNO2S. The lowest BCUT2D eigenvalue weighted by atomic mass is 9.87. The van der Waals surface area contributed by atoms with Gasteiger partial charge in [-0.2, -0.15) is 0 Å². The molecule has 0 saturated carbocycles. The van der Waals surface area contributed by atoms with E-state index in [0.29, 0.717) is 6.42 Å². The van der Waals surface area contributed by atoms with Crippen LogP contribution in [0.1, 0.15) is 33.1 Å². The minimum atomic E-state index is -3.30. The highest BCUT2D eigenvalue weighted by molar-refractivity contribution is 8.13. The van der Waals surface area contributed by atoms with Gasteiger partial charge in [0.1, 0.15) is 0 Å². The third kappa shape index (κ3) is 5.51. The van der Waals surface area contributed by atoms with E-state index in [2.05, 4.69) is 18.7 Å². The average Bonchev–Trinajstić information content (AvgIpc) is 2.16. The fourth-order valence-electron chi connectivity index (χ4n) is 2.30. The lowest BCUT2D eigenvalue weighted by Crippen LogP contribution is -2.36. The SMILES string of the molecule is CC(C)C1CCN(CCCS(=O)(=O)Cl)CC1. The third-order valence-corrected chi connectivity index (χ3v) is 4.68. The van der Waals surface area contributed by atoms with Crippen LogP contribution in [0.3, 0.4) is 0 Å². The van der Waals surface area contributed by atoms with Crippen LogP contribution < -0.4 is 0 Å². The molecule has 0 aromatic rings. The van der Waals surface area contributed by atoms with E-state index in [0.717, 1.165) is 31.5 Å². The Labute approximate surface area is 104 Å². The Morgan fingerprint density at radius 2 is 1.88 bits per heavy atom. The Hall–Kier alpha value is 0.200. The number of piperidine rings is 1.